The second-order valence-corrected chi connectivity index (χ2v) is 6.75. The summed E-state index contributed by atoms with van der Waals surface area (Å²) < 4.78 is 0. The van der Waals surface area contributed by atoms with E-state index in [1.165, 1.54) is 11.8 Å². The first-order valence-electron chi connectivity index (χ1n) is 8.05. The zero-order valence-electron chi connectivity index (χ0n) is 13.5. The summed E-state index contributed by atoms with van der Waals surface area (Å²) in [6.45, 7) is 0. The van der Waals surface area contributed by atoms with Crippen molar-refractivity contribution in [2.75, 3.05) is 11.1 Å². The van der Waals surface area contributed by atoms with E-state index in [0.717, 1.165) is 32.3 Å². The molecule has 0 unspecified atom stereocenters. The number of anilines is 1. The predicted molar refractivity (Wildman–Crippen MR) is 105 cm³/mol. The van der Waals surface area contributed by atoms with Crippen LogP contribution in [0, 0.1) is 0 Å². The van der Waals surface area contributed by atoms with Crippen LogP contribution in [0.2, 0.25) is 0 Å². The minimum Gasteiger partial charge on any atom is -0.325 e. The highest BCUT2D eigenvalue weighted by atomic mass is 32.2. The van der Waals surface area contributed by atoms with Crippen molar-refractivity contribution in [3.8, 4) is 0 Å². The SMILES string of the molecule is O=C(CSc1cccc2cccnc12)Nc1ccc2ccccc2c1. The Hall–Kier alpha value is -2.85. The highest BCUT2D eigenvalue weighted by Gasteiger charge is 2.07. The first-order valence-corrected chi connectivity index (χ1v) is 9.03. The molecular formula is C21H16N2OS. The fourth-order valence-electron chi connectivity index (χ4n) is 2.80. The van der Waals surface area contributed by atoms with Crippen LogP contribution in [0.5, 0.6) is 0 Å². The van der Waals surface area contributed by atoms with Gasteiger partial charge >= 0.3 is 0 Å². The third-order valence-corrected chi connectivity index (χ3v) is 5.03. The van der Waals surface area contributed by atoms with Gasteiger partial charge in [-0.25, -0.2) is 0 Å². The van der Waals surface area contributed by atoms with E-state index in [1.807, 2.05) is 66.7 Å². The maximum absolute atomic E-state index is 12.3. The van der Waals surface area contributed by atoms with Crippen LogP contribution in [0.3, 0.4) is 0 Å². The molecule has 0 aliphatic rings. The zero-order valence-corrected chi connectivity index (χ0v) is 14.3. The minimum absolute atomic E-state index is 0.0202. The highest BCUT2D eigenvalue weighted by molar-refractivity contribution is 8.00. The smallest absolute Gasteiger partial charge is 0.234 e. The van der Waals surface area contributed by atoms with E-state index < -0.39 is 0 Å². The molecule has 3 nitrogen and oxygen atoms in total. The molecule has 1 heterocycles. The van der Waals surface area contributed by atoms with E-state index in [1.54, 1.807) is 6.20 Å². The number of pyridine rings is 1. The van der Waals surface area contributed by atoms with Gasteiger partial charge in [0.05, 0.1) is 11.3 Å². The lowest BCUT2D eigenvalue weighted by Gasteiger charge is -2.08. The summed E-state index contributed by atoms with van der Waals surface area (Å²) in [5.74, 6) is 0.330. The number of amides is 1. The van der Waals surface area contributed by atoms with Crippen molar-refractivity contribution in [2.45, 2.75) is 4.90 Å². The molecule has 0 fully saturated rings. The summed E-state index contributed by atoms with van der Waals surface area (Å²) in [5, 5.41) is 6.34. The molecule has 0 saturated heterocycles. The van der Waals surface area contributed by atoms with Gasteiger partial charge < -0.3 is 5.32 Å². The Morgan fingerprint density at radius 3 is 2.60 bits per heavy atom. The molecule has 0 aliphatic heterocycles. The molecule has 122 valence electrons. The molecule has 3 aromatic carbocycles. The summed E-state index contributed by atoms with van der Waals surface area (Å²) in [7, 11) is 0. The highest BCUT2D eigenvalue weighted by Crippen LogP contribution is 2.26. The summed E-state index contributed by atoms with van der Waals surface area (Å²) in [5.41, 5.74) is 1.76. The number of hydrogen-bond donors (Lipinski definition) is 1. The Morgan fingerprint density at radius 2 is 1.68 bits per heavy atom. The van der Waals surface area contributed by atoms with Crippen LogP contribution in [0.1, 0.15) is 0 Å². The average molecular weight is 344 g/mol. The van der Waals surface area contributed by atoms with Crippen LogP contribution in [-0.4, -0.2) is 16.6 Å². The van der Waals surface area contributed by atoms with Crippen molar-refractivity contribution >= 4 is 45.0 Å². The number of carbonyl (C=O) groups excluding carboxylic acids is 1. The van der Waals surface area contributed by atoms with Crippen LogP contribution in [0.4, 0.5) is 5.69 Å². The average Bonchev–Trinajstić information content (AvgIpc) is 2.66. The monoisotopic (exact) mass is 344 g/mol. The Labute approximate surface area is 150 Å². The van der Waals surface area contributed by atoms with Crippen molar-refractivity contribution < 1.29 is 4.79 Å². The molecule has 0 spiro atoms. The predicted octanol–water partition coefficient (Wildman–Crippen LogP) is 5.12. The number of para-hydroxylation sites is 1. The lowest BCUT2D eigenvalue weighted by Crippen LogP contribution is -2.13. The van der Waals surface area contributed by atoms with Crippen LogP contribution < -0.4 is 5.32 Å². The fourth-order valence-corrected chi connectivity index (χ4v) is 3.64. The maximum atomic E-state index is 12.3. The van der Waals surface area contributed by atoms with Crippen LogP contribution >= 0.6 is 11.8 Å². The van der Waals surface area contributed by atoms with E-state index in [0.29, 0.717) is 5.75 Å². The summed E-state index contributed by atoms with van der Waals surface area (Å²) in [4.78, 5) is 17.8. The van der Waals surface area contributed by atoms with Gasteiger partial charge in [0, 0.05) is 22.2 Å². The Morgan fingerprint density at radius 1 is 0.880 bits per heavy atom. The number of benzene rings is 3. The molecule has 0 aliphatic carbocycles. The van der Waals surface area contributed by atoms with E-state index in [4.69, 9.17) is 0 Å². The number of thioether (sulfide) groups is 1. The van der Waals surface area contributed by atoms with E-state index >= 15 is 0 Å². The van der Waals surface area contributed by atoms with Gasteiger partial charge in [-0.15, -0.1) is 11.8 Å². The quantitative estimate of drug-likeness (QED) is 0.523. The number of rotatable bonds is 4. The topological polar surface area (TPSA) is 42.0 Å². The maximum Gasteiger partial charge on any atom is 0.234 e. The van der Waals surface area contributed by atoms with Gasteiger partial charge in [-0.1, -0.05) is 48.5 Å². The van der Waals surface area contributed by atoms with Gasteiger partial charge in [0.1, 0.15) is 0 Å². The first-order chi connectivity index (χ1) is 12.3. The number of carbonyl (C=O) groups is 1. The summed E-state index contributed by atoms with van der Waals surface area (Å²) >= 11 is 1.51. The Balaban J connectivity index is 1.46. The summed E-state index contributed by atoms with van der Waals surface area (Å²) in [6, 6.07) is 24.0. The van der Waals surface area contributed by atoms with Crippen molar-refractivity contribution in [1.29, 1.82) is 0 Å². The van der Waals surface area contributed by atoms with Gasteiger partial charge in [0.25, 0.3) is 0 Å². The number of nitrogens with zero attached hydrogens (tertiary/aromatic N) is 1. The number of aromatic nitrogens is 1. The molecule has 1 aromatic heterocycles. The normalized spacial score (nSPS) is 10.9. The van der Waals surface area contributed by atoms with Gasteiger partial charge in [0.15, 0.2) is 0 Å². The van der Waals surface area contributed by atoms with Crippen LogP contribution in [0.25, 0.3) is 21.7 Å². The molecule has 1 N–H and O–H groups in total. The molecule has 0 atom stereocenters. The molecule has 4 heteroatoms. The third kappa shape index (κ3) is 3.49. The molecule has 1 amide bonds. The molecule has 0 radical (unpaired) electrons. The second kappa shape index (κ2) is 6.95. The molecular weight excluding hydrogens is 328 g/mol. The number of nitrogens with one attached hydrogen (secondary N) is 1. The lowest BCUT2D eigenvalue weighted by atomic mass is 10.1. The molecule has 0 saturated carbocycles. The third-order valence-electron chi connectivity index (χ3n) is 3.99. The van der Waals surface area contributed by atoms with Gasteiger partial charge in [0.2, 0.25) is 5.91 Å². The van der Waals surface area contributed by atoms with Gasteiger partial charge in [-0.3, -0.25) is 9.78 Å². The molecule has 25 heavy (non-hydrogen) atoms. The number of hydrogen-bond acceptors (Lipinski definition) is 3. The number of fused-ring (bicyclic) bond motifs is 2. The Bertz CT molecular complexity index is 1060. The van der Waals surface area contributed by atoms with E-state index in [-0.39, 0.29) is 5.91 Å². The van der Waals surface area contributed by atoms with Crippen LogP contribution in [0.15, 0.2) is 83.9 Å². The summed E-state index contributed by atoms with van der Waals surface area (Å²) in [6.07, 6.45) is 1.78. The van der Waals surface area contributed by atoms with Gasteiger partial charge in [-0.05, 0) is 35.0 Å². The molecule has 4 aromatic rings. The van der Waals surface area contributed by atoms with Crippen molar-refractivity contribution in [2.24, 2.45) is 0 Å². The molecule has 4 rings (SSSR count). The molecule has 0 bridgehead atoms. The lowest BCUT2D eigenvalue weighted by molar-refractivity contribution is -0.113. The largest absolute Gasteiger partial charge is 0.325 e. The zero-order chi connectivity index (χ0) is 17.1. The van der Waals surface area contributed by atoms with Crippen LogP contribution in [-0.2, 0) is 4.79 Å². The van der Waals surface area contributed by atoms with Crippen molar-refractivity contribution in [3.63, 3.8) is 0 Å². The fraction of sp³-hybridized carbons (Fsp3) is 0.0476. The van der Waals surface area contributed by atoms with Crippen molar-refractivity contribution in [1.82, 2.24) is 4.98 Å². The van der Waals surface area contributed by atoms with Gasteiger partial charge in [-0.2, -0.15) is 0 Å². The van der Waals surface area contributed by atoms with E-state index in [9.17, 15) is 4.79 Å². The second-order valence-electron chi connectivity index (χ2n) is 5.73. The minimum atomic E-state index is -0.0202. The van der Waals surface area contributed by atoms with E-state index in [2.05, 4.69) is 16.4 Å². The Kier molecular flexibility index (Phi) is 4.36. The first kappa shape index (κ1) is 15.7. The standard InChI is InChI=1S/C21H16N2OS/c24-20(23-18-11-10-15-5-1-2-6-17(15)13-18)14-25-19-9-3-7-16-8-4-12-22-21(16)19/h1-13H,14H2,(H,23,24). The van der Waals surface area contributed by atoms with Crippen molar-refractivity contribution in [3.05, 3.63) is 79.0 Å².